The zero-order valence-corrected chi connectivity index (χ0v) is 13.2. The van der Waals surface area contributed by atoms with Gasteiger partial charge in [-0.1, -0.05) is 53.6 Å². The lowest BCUT2D eigenvalue weighted by molar-refractivity contribution is 0.225. The molecule has 0 aliphatic carbocycles. The van der Waals surface area contributed by atoms with Crippen LogP contribution in [0.2, 0.25) is 0 Å². The smallest absolute Gasteiger partial charge is 0.152 e. The van der Waals surface area contributed by atoms with Crippen molar-refractivity contribution in [1.29, 1.82) is 0 Å². The minimum atomic E-state index is 0.443. The molecule has 0 spiro atoms. The van der Waals surface area contributed by atoms with E-state index in [0.717, 1.165) is 11.1 Å². The molecule has 0 amide bonds. The highest BCUT2D eigenvalue weighted by molar-refractivity contribution is 7.17. The summed E-state index contributed by atoms with van der Waals surface area (Å²) < 4.78 is 0.775. The minimum absolute atomic E-state index is 0.443. The summed E-state index contributed by atoms with van der Waals surface area (Å²) in [7, 11) is 5.16. The molecule has 0 bridgehead atoms. The summed E-state index contributed by atoms with van der Waals surface area (Å²) >= 11 is 0. The maximum absolute atomic E-state index is 3.69. The fourth-order valence-corrected chi connectivity index (χ4v) is 2.35. The molecular weight excluding hydrogens is 239 g/mol. The molecule has 1 aromatic rings. The molecule has 0 radical (unpaired) electrons. The van der Waals surface area contributed by atoms with Crippen molar-refractivity contribution in [3.8, 4) is 0 Å². The third-order valence-electron chi connectivity index (χ3n) is 3.58. The summed E-state index contributed by atoms with van der Waals surface area (Å²) in [5, 5.41) is 0. The van der Waals surface area contributed by atoms with Gasteiger partial charge in [-0.15, -0.1) is 0 Å². The highest BCUT2D eigenvalue weighted by atomic mass is 31.0. The van der Waals surface area contributed by atoms with Crippen LogP contribution >= 0.6 is 9.24 Å². The molecule has 1 N–H and O–H groups in total. The second-order valence-electron chi connectivity index (χ2n) is 5.12. The molecule has 18 heavy (non-hydrogen) atoms. The molecule has 102 valence electrons. The van der Waals surface area contributed by atoms with E-state index in [2.05, 4.69) is 65.9 Å². The van der Waals surface area contributed by atoms with Gasteiger partial charge in [-0.3, -0.25) is 0 Å². The van der Waals surface area contributed by atoms with Crippen LogP contribution in [-0.4, -0.2) is 19.4 Å². The number of para-hydroxylation sites is 1. The van der Waals surface area contributed by atoms with Gasteiger partial charge in [-0.25, -0.2) is 4.59 Å². The van der Waals surface area contributed by atoms with Crippen molar-refractivity contribution in [2.45, 2.75) is 45.3 Å². The molecule has 0 saturated heterocycles. The fraction of sp³-hybridized carbons (Fsp3) is 0.600. The van der Waals surface area contributed by atoms with Crippen molar-refractivity contribution in [2.75, 3.05) is 13.6 Å². The number of benzene rings is 1. The molecule has 0 aliphatic rings. The Bertz CT molecular complexity index is 327. The zero-order valence-electron chi connectivity index (χ0n) is 12.0. The van der Waals surface area contributed by atoms with E-state index in [9.17, 15) is 0 Å². The Morgan fingerprint density at radius 2 is 1.83 bits per heavy atom. The molecule has 3 heteroatoms. The van der Waals surface area contributed by atoms with Gasteiger partial charge >= 0.3 is 0 Å². The van der Waals surface area contributed by atoms with Gasteiger partial charge in [-0.2, -0.15) is 5.43 Å². The molecule has 0 saturated carbocycles. The summed E-state index contributed by atoms with van der Waals surface area (Å²) in [4.78, 5) is 0. The van der Waals surface area contributed by atoms with E-state index < -0.39 is 0 Å². The van der Waals surface area contributed by atoms with Gasteiger partial charge in [0.1, 0.15) is 5.78 Å². The van der Waals surface area contributed by atoms with Crippen LogP contribution in [-0.2, 0) is 0 Å². The second kappa shape index (κ2) is 7.89. The second-order valence-corrected chi connectivity index (χ2v) is 6.09. The zero-order chi connectivity index (χ0) is 13.4. The van der Waals surface area contributed by atoms with Crippen molar-refractivity contribution in [2.24, 2.45) is 0 Å². The number of rotatable bonds is 8. The first-order valence-corrected chi connectivity index (χ1v) is 7.70. The van der Waals surface area contributed by atoms with Gasteiger partial charge in [0.2, 0.25) is 0 Å². The average molecular weight is 267 g/mol. The van der Waals surface area contributed by atoms with Crippen LogP contribution in [0, 0.1) is 0 Å². The molecule has 2 nitrogen and oxygen atoms in total. The van der Waals surface area contributed by atoms with Crippen LogP contribution in [0.3, 0.4) is 0 Å². The summed E-state index contributed by atoms with van der Waals surface area (Å²) in [6.07, 6.45) is 5.22. The SMILES string of the molecule is CCCCCCN[N+](C)(c1ccccc1)C(C)P. The standard InChI is InChI=1S/C15H28N2P/c1-4-5-6-10-13-16-17(3,14(2)18)15-11-8-7-9-12-15/h7-9,11-12,14,16H,4-6,10,13,18H2,1-3H3/q+1. The van der Waals surface area contributed by atoms with Gasteiger partial charge in [-0.05, 0) is 13.3 Å². The lowest BCUT2D eigenvalue weighted by atomic mass is 10.2. The summed E-state index contributed by atoms with van der Waals surface area (Å²) in [5.41, 5.74) is 5.00. The largest absolute Gasteiger partial charge is 0.211 e. The predicted molar refractivity (Wildman–Crippen MR) is 85.5 cm³/mol. The van der Waals surface area contributed by atoms with Crippen LogP contribution in [0.15, 0.2) is 30.3 Å². The molecule has 0 heterocycles. The van der Waals surface area contributed by atoms with Gasteiger partial charge in [0.05, 0.1) is 7.05 Å². The highest BCUT2D eigenvalue weighted by Crippen LogP contribution is 2.24. The first-order valence-electron chi connectivity index (χ1n) is 7.03. The Kier molecular flexibility index (Phi) is 6.85. The van der Waals surface area contributed by atoms with E-state index in [1.807, 2.05) is 0 Å². The molecule has 0 fully saturated rings. The summed E-state index contributed by atoms with van der Waals surface area (Å²) in [5.74, 6) is 0.443. The number of hydrogen-bond acceptors (Lipinski definition) is 1. The van der Waals surface area contributed by atoms with E-state index in [4.69, 9.17) is 0 Å². The maximum Gasteiger partial charge on any atom is 0.152 e. The topological polar surface area (TPSA) is 12.0 Å². The molecule has 1 aromatic carbocycles. The number of unbranched alkanes of at least 4 members (excludes halogenated alkanes) is 3. The third kappa shape index (κ3) is 4.35. The average Bonchev–Trinajstić information content (AvgIpc) is 2.39. The van der Waals surface area contributed by atoms with Crippen molar-refractivity contribution in [3.63, 3.8) is 0 Å². The Balaban J connectivity index is 2.59. The molecule has 0 aliphatic heterocycles. The number of nitrogens with one attached hydrogen (secondary N) is 1. The molecule has 1 rings (SSSR count). The van der Waals surface area contributed by atoms with Gasteiger partial charge < -0.3 is 0 Å². The van der Waals surface area contributed by atoms with Gasteiger partial charge in [0, 0.05) is 18.7 Å². The Morgan fingerprint density at radius 1 is 1.17 bits per heavy atom. The quantitative estimate of drug-likeness (QED) is 0.326. The van der Waals surface area contributed by atoms with E-state index in [1.54, 1.807) is 0 Å². The van der Waals surface area contributed by atoms with Crippen molar-refractivity contribution in [1.82, 2.24) is 10.0 Å². The molecule has 3 unspecified atom stereocenters. The lowest BCUT2D eigenvalue weighted by Crippen LogP contribution is -2.60. The molecule has 0 aromatic heterocycles. The third-order valence-corrected chi connectivity index (χ3v) is 4.17. The monoisotopic (exact) mass is 267 g/mol. The van der Waals surface area contributed by atoms with E-state index in [-0.39, 0.29) is 0 Å². The lowest BCUT2D eigenvalue weighted by Gasteiger charge is -2.37. The summed E-state index contributed by atoms with van der Waals surface area (Å²) in [6.45, 7) is 5.56. The van der Waals surface area contributed by atoms with Crippen LogP contribution in [0.5, 0.6) is 0 Å². The minimum Gasteiger partial charge on any atom is -0.211 e. The first kappa shape index (κ1) is 15.6. The van der Waals surface area contributed by atoms with Crippen LogP contribution in [0.25, 0.3) is 0 Å². The molecule has 3 atom stereocenters. The Labute approximate surface area is 115 Å². The van der Waals surface area contributed by atoms with Crippen molar-refractivity contribution >= 4 is 14.9 Å². The van der Waals surface area contributed by atoms with Crippen LogP contribution in [0.1, 0.15) is 39.5 Å². The van der Waals surface area contributed by atoms with Gasteiger partial charge in [0.15, 0.2) is 5.69 Å². The maximum atomic E-state index is 3.69. The predicted octanol–water partition coefficient (Wildman–Crippen LogP) is 3.93. The van der Waals surface area contributed by atoms with Crippen molar-refractivity contribution < 1.29 is 0 Å². The normalized spacial score (nSPS) is 16.2. The number of hydrogen-bond donors (Lipinski definition) is 1. The van der Waals surface area contributed by atoms with E-state index in [1.165, 1.54) is 31.4 Å². The molecular formula is C15H28N2P+. The Morgan fingerprint density at radius 3 is 2.39 bits per heavy atom. The van der Waals surface area contributed by atoms with Crippen molar-refractivity contribution in [3.05, 3.63) is 30.3 Å². The van der Waals surface area contributed by atoms with Crippen LogP contribution < -0.4 is 10.0 Å². The van der Waals surface area contributed by atoms with Crippen LogP contribution in [0.4, 0.5) is 5.69 Å². The van der Waals surface area contributed by atoms with E-state index in [0.29, 0.717) is 5.78 Å². The Hall–Kier alpha value is -0.430. The van der Waals surface area contributed by atoms with E-state index >= 15 is 0 Å². The summed E-state index contributed by atoms with van der Waals surface area (Å²) in [6, 6.07) is 10.7. The van der Waals surface area contributed by atoms with Gasteiger partial charge in [0.25, 0.3) is 0 Å². The number of quaternary nitrogens is 1. The fourth-order valence-electron chi connectivity index (χ4n) is 2.07. The highest BCUT2D eigenvalue weighted by Gasteiger charge is 2.28. The first-order chi connectivity index (χ1) is 8.61. The number of nitrogens with zero attached hydrogens (tertiary/aromatic N) is 1.